The maximum atomic E-state index is 11.8. The Bertz CT molecular complexity index is 1760. The van der Waals surface area contributed by atoms with Crippen molar-refractivity contribution in [1.29, 1.82) is 0 Å². The number of pyridine rings is 1. The number of aromatic nitrogens is 4. The summed E-state index contributed by atoms with van der Waals surface area (Å²) in [6.07, 6.45) is 2.82. The van der Waals surface area contributed by atoms with E-state index in [1.165, 1.54) is 6.08 Å². The molecule has 2 aromatic carbocycles. The number of methoxy groups -OCH3 is 1. The van der Waals surface area contributed by atoms with E-state index in [0.29, 0.717) is 29.6 Å². The lowest BCUT2D eigenvalue weighted by Crippen LogP contribution is -2.07. The first kappa shape index (κ1) is 24.2. The van der Waals surface area contributed by atoms with Crippen LogP contribution in [0.5, 0.6) is 17.4 Å². The molecule has 1 aliphatic rings. The normalized spacial score (nSPS) is 11.8. The van der Waals surface area contributed by atoms with Gasteiger partial charge in [-0.3, -0.25) is 4.79 Å². The number of rotatable bonds is 6. The number of carbonyl (C=O) groups is 1. The van der Waals surface area contributed by atoms with Gasteiger partial charge in [0.15, 0.2) is 11.5 Å². The molecule has 0 radical (unpaired) electrons. The fraction of sp³-hybridized carbons (Fsp3) is 0.133. The highest BCUT2D eigenvalue weighted by atomic mass is 16.5. The van der Waals surface area contributed by atoms with E-state index in [4.69, 9.17) is 9.47 Å². The van der Waals surface area contributed by atoms with E-state index in [9.17, 15) is 4.79 Å². The SMILES string of the molecule is C=CC(=O)Nc1ccc(-c2c3c4c(ncnc4n2C)NCc2cc(Oc4cccc(C)n4)c(OC)cc2-3)cc1. The summed E-state index contributed by atoms with van der Waals surface area (Å²) in [6, 6.07) is 17.3. The third kappa shape index (κ3) is 4.23. The molecule has 2 N–H and O–H groups in total. The third-order valence-corrected chi connectivity index (χ3v) is 6.76. The van der Waals surface area contributed by atoms with Crippen molar-refractivity contribution in [3.05, 3.63) is 84.8 Å². The van der Waals surface area contributed by atoms with Gasteiger partial charge in [0.2, 0.25) is 11.8 Å². The van der Waals surface area contributed by atoms with Crippen LogP contribution < -0.4 is 20.1 Å². The molecule has 6 rings (SSSR count). The fourth-order valence-corrected chi connectivity index (χ4v) is 4.98. The number of ether oxygens (including phenoxy) is 2. The molecule has 0 saturated heterocycles. The van der Waals surface area contributed by atoms with E-state index in [2.05, 4.69) is 36.7 Å². The number of amides is 1. The van der Waals surface area contributed by atoms with Crippen LogP contribution in [0.1, 0.15) is 11.3 Å². The van der Waals surface area contributed by atoms with Crippen LogP contribution in [-0.4, -0.2) is 32.5 Å². The second kappa shape index (κ2) is 9.60. The predicted octanol–water partition coefficient (Wildman–Crippen LogP) is 5.86. The van der Waals surface area contributed by atoms with Crippen LogP contribution in [0.3, 0.4) is 0 Å². The van der Waals surface area contributed by atoms with Crippen molar-refractivity contribution in [2.45, 2.75) is 13.5 Å². The van der Waals surface area contributed by atoms with Gasteiger partial charge in [0.25, 0.3) is 0 Å². The van der Waals surface area contributed by atoms with Crippen molar-refractivity contribution in [1.82, 2.24) is 19.5 Å². The first-order chi connectivity index (χ1) is 19.0. The number of benzene rings is 2. The van der Waals surface area contributed by atoms with Crippen LogP contribution in [0.2, 0.25) is 0 Å². The van der Waals surface area contributed by atoms with E-state index in [-0.39, 0.29) is 5.91 Å². The molecular formula is C30H26N6O3. The van der Waals surface area contributed by atoms with Crippen LogP contribution in [0.25, 0.3) is 33.4 Å². The van der Waals surface area contributed by atoms with E-state index in [1.807, 2.05) is 68.6 Å². The van der Waals surface area contributed by atoms with E-state index in [1.54, 1.807) is 13.4 Å². The monoisotopic (exact) mass is 518 g/mol. The Labute approximate surface area is 225 Å². The fourth-order valence-electron chi connectivity index (χ4n) is 4.98. The molecule has 1 amide bonds. The second-order valence-electron chi connectivity index (χ2n) is 9.21. The molecule has 0 spiro atoms. The number of anilines is 2. The molecule has 0 unspecified atom stereocenters. The predicted molar refractivity (Wildman–Crippen MR) is 151 cm³/mol. The van der Waals surface area contributed by atoms with Gasteiger partial charge in [-0.2, -0.15) is 0 Å². The zero-order valence-corrected chi connectivity index (χ0v) is 21.8. The number of fused-ring (bicyclic) bond motifs is 2. The van der Waals surface area contributed by atoms with Crippen molar-refractivity contribution < 1.29 is 14.3 Å². The van der Waals surface area contributed by atoms with E-state index >= 15 is 0 Å². The molecule has 0 atom stereocenters. The molecule has 39 heavy (non-hydrogen) atoms. The van der Waals surface area contributed by atoms with Crippen LogP contribution in [0, 0.1) is 6.92 Å². The molecule has 0 fully saturated rings. The van der Waals surface area contributed by atoms with Crippen molar-refractivity contribution in [3.8, 4) is 39.8 Å². The molecule has 194 valence electrons. The van der Waals surface area contributed by atoms with Crippen molar-refractivity contribution in [2.75, 3.05) is 17.7 Å². The summed E-state index contributed by atoms with van der Waals surface area (Å²) < 4.78 is 14.0. The minimum Gasteiger partial charge on any atom is -0.493 e. The van der Waals surface area contributed by atoms with Gasteiger partial charge in [-0.25, -0.2) is 15.0 Å². The van der Waals surface area contributed by atoms with Gasteiger partial charge >= 0.3 is 0 Å². The van der Waals surface area contributed by atoms with Gasteiger partial charge in [0, 0.05) is 36.6 Å². The van der Waals surface area contributed by atoms with Gasteiger partial charge in [-0.1, -0.05) is 24.8 Å². The first-order valence-corrected chi connectivity index (χ1v) is 12.4. The summed E-state index contributed by atoms with van der Waals surface area (Å²) in [4.78, 5) is 25.4. The molecule has 0 saturated carbocycles. The molecule has 4 heterocycles. The van der Waals surface area contributed by atoms with Gasteiger partial charge < -0.3 is 24.7 Å². The van der Waals surface area contributed by atoms with Crippen molar-refractivity contribution >= 4 is 28.4 Å². The van der Waals surface area contributed by atoms with Crippen LogP contribution >= 0.6 is 0 Å². The summed E-state index contributed by atoms with van der Waals surface area (Å²) in [5.74, 6) is 2.15. The molecule has 0 bridgehead atoms. The highest BCUT2D eigenvalue weighted by Crippen LogP contribution is 2.48. The van der Waals surface area contributed by atoms with Gasteiger partial charge in [-0.05, 0) is 60.0 Å². The lowest BCUT2D eigenvalue weighted by molar-refractivity contribution is -0.111. The number of carbonyl (C=O) groups excluding carboxylic acids is 1. The number of nitrogens with zero attached hydrogens (tertiary/aromatic N) is 4. The van der Waals surface area contributed by atoms with Gasteiger partial charge in [-0.15, -0.1) is 0 Å². The Kier molecular flexibility index (Phi) is 5.95. The molecule has 3 aromatic heterocycles. The second-order valence-corrected chi connectivity index (χ2v) is 9.21. The van der Waals surface area contributed by atoms with Crippen LogP contribution in [-0.2, 0) is 18.4 Å². The lowest BCUT2D eigenvalue weighted by atomic mass is 9.95. The largest absolute Gasteiger partial charge is 0.493 e. The topological polar surface area (TPSA) is 103 Å². The summed E-state index contributed by atoms with van der Waals surface area (Å²) in [5, 5.41) is 7.20. The smallest absolute Gasteiger partial charge is 0.247 e. The maximum absolute atomic E-state index is 11.8. The number of nitrogens with one attached hydrogen (secondary N) is 2. The summed E-state index contributed by atoms with van der Waals surface area (Å²) >= 11 is 0. The summed E-state index contributed by atoms with van der Waals surface area (Å²) in [7, 11) is 3.62. The minimum absolute atomic E-state index is 0.259. The van der Waals surface area contributed by atoms with E-state index < -0.39 is 0 Å². The van der Waals surface area contributed by atoms with Crippen LogP contribution in [0.15, 0.2) is 73.6 Å². The van der Waals surface area contributed by atoms with E-state index in [0.717, 1.165) is 50.5 Å². The molecular weight excluding hydrogens is 492 g/mol. The molecule has 1 aliphatic heterocycles. The van der Waals surface area contributed by atoms with Crippen molar-refractivity contribution in [3.63, 3.8) is 0 Å². The Hall–Kier alpha value is -5.18. The summed E-state index contributed by atoms with van der Waals surface area (Å²) in [5.41, 5.74) is 7.27. The van der Waals surface area contributed by atoms with Crippen molar-refractivity contribution in [2.24, 2.45) is 7.05 Å². The number of aryl methyl sites for hydroxylation is 2. The quantitative estimate of drug-likeness (QED) is 0.272. The molecule has 9 nitrogen and oxygen atoms in total. The highest BCUT2D eigenvalue weighted by molar-refractivity contribution is 6.10. The summed E-state index contributed by atoms with van der Waals surface area (Å²) in [6.45, 7) is 5.97. The Morgan fingerprint density at radius 1 is 1.13 bits per heavy atom. The highest BCUT2D eigenvalue weighted by Gasteiger charge is 2.28. The average Bonchev–Trinajstić information content (AvgIpc) is 3.14. The molecule has 0 aliphatic carbocycles. The van der Waals surface area contributed by atoms with Crippen LogP contribution in [0.4, 0.5) is 11.5 Å². The zero-order chi connectivity index (χ0) is 27.1. The standard InChI is InChI=1S/C30H26N6O3/c1-5-24(37)35-20-11-9-18(10-12-20)28-26-21-14-22(38-4)23(39-25-8-6-7-17(2)34-25)13-19(21)15-31-29-27(26)30(36(28)3)33-16-32-29/h5-14,16H,1,15H2,2-4H3,(H,35,37)(H,31,32,33). The minimum atomic E-state index is -0.259. The number of hydrogen-bond acceptors (Lipinski definition) is 7. The Balaban J connectivity index is 1.53. The Morgan fingerprint density at radius 3 is 2.69 bits per heavy atom. The molecule has 5 aromatic rings. The third-order valence-electron chi connectivity index (χ3n) is 6.76. The lowest BCUT2D eigenvalue weighted by Gasteiger charge is -2.16. The Morgan fingerprint density at radius 2 is 1.95 bits per heavy atom. The maximum Gasteiger partial charge on any atom is 0.247 e. The van der Waals surface area contributed by atoms with Gasteiger partial charge in [0.1, 0.15) is 17.8 Å². The zero-order valence-electron chi connectivity index (χ0n) is 21.8. The van der Waals surface area contributed by atoms with Gasteiger partial charge in [0.05, 0.1) is 18.2 Å². The average molecular weight is 519 g/mol. The first-order valence-electron chi connectivity index (χ1n) is 12.4. The number of hydrogen-bond donors (Lipinski definition) is 2. The molecule has 9 heteroatoms.